The zero-order valence-electron chi connectivity index (χ0n) is 47.1. The predicted molar refractivity (Wildman–Crippen MR) is 301 cm³/mol. The number of carbonyl (C=O) groups is 2. The van der Waals surface area contributed by atoms with Gasteiger partial charge in [0, 0.05) is 12.8 Å². The first-order valence-electron chi connectivity index (χ1n) is 30.8. The molecule has 1 amide bonds. The number of ether oxygens (including phenoxy) is 3. The number of unbranched alkanes of at least 4 members (excludes halogenated alkanes) is 35. The third-order valence-corrected chi connectivity index (χ3v) is 14.5. The summed E-state index contributed by atoms with van der Waals surface area (Å²) >= 11 is 0. The molecule has 0 aliphatic carbocycles. The van der Waals surface area contributed by atoms with Gasteiger partial charge in [0.1, 0.15) is 24.4 Å². The molecule has 1 rings (SSSR count). The molecule has 11 heteroatoms. The second-order valence-corrected chi connectivity index (χ2v) is 21.4. The highest BCUT2D eigenvalue weighted by Gasteiger charge is 2.44. The Morgan fingerprint density at radius 3 is 1.38 bits per heavy atom. The molecule has 0 spiro atoms. The summed E-state index contributed by atoms with van der Waals surface area (Å²) < 4.78 is 16.7. The summed E-state index contributed by atoms with van der Waals surface area (Å²) in [5.74, 6) is -0.195. The second kappa shape index (κ2) is 52.0. The molecule has 0 aromatic rings. The van der Waals surface area contributed by atoms with E-state index in [0.717, 1.165) is 64.2 Å². The topological polar surface area (TPSA) is 175 Å². The molecule has 1 fully saturated rings. The van der Waals surface area contributed by atoms with Gasteiger partial charge < -0.3 is 45.1 Å². The maximum absolute atomic E-state index is 13.0. The third-order valence-electron chi connectivity index (χ3n) is 14.5. The molecule has 1 heterocycles. The Hall–Kier alpha value is -2.12. The number of allylic oxidation sites excluding steroid dienone is 5. The lowest BCUT2D eigenvalue weighted by molar-refractivity contribution is -0.302. The molecular weight excluding hydrogens is 919 g/mol. The van der Waals surface area contributed by atoms with Crippen LogP contribution in [0, 0.1) is 0 Å². The second-order valence-electron chi connectivity index (χ2n) is 21.4. The molecule has 0 saturated carbocycles. The van der Waals surface area contributed by atoms with Crippen LogP contribution in [0.1, 0.15) is 284 Å². The average molecular weight is 1030 g/mol. The molecule has 428 valence electrons. The Kier molecular flexibility index (Phi) is 49.0. The molecule has 0 bridgehead atoms. The number of esters is 1. The van der Waals surface area contributed by atoms with Gasteiger partial charge in [0.05, 0.1) is 32.0 Å². The molecule has 1 saturated heterocycles. The molecular formula is C62H115NO10. The number of rotatable bonds is 53. The largest absolute Gasteiger partial charge is 0.466 e. The van der Waals surface area contributed by atoms with E-state index in [1.165, 1.54) is 193 Å². The minimum absolute atomic E-state index is 0.00192. The summed E-state index contributed by atoms with van der Waals surface area (Å²) in [6.07, 6.45) is 54.1. The number of aliphatic hydroxyl groups is 5. The number of hydrogen-bond acceptors (Lipinski definition) is 10. The Labute approximate surface area is 447 Å². The van der Waals surface area contributed by atoms with Crippen LogP contribution in [0.15, 0.2) is 36.5 Å². The van der Waals surface area contributed by atoms with Crippen LogP contribution in [0.5, 0.6) is 0 Å². The van der Waals surface area contributed by atoms with Crippen molar-refractivity contribution in [3.8, 4) is 0 Å². The van der Waals surface area contributed by atoms with Gasteiger partial charge in [0.15, 0.2) is 6.29 Å². The van der Waals surface area contributed by atoms with Crippen molar-refractivity contribution >= 4 is 11.9 Å². The summed E-state index contributed by atoms with van der Waals surface area (Å²) in [5.41, 5.74) is 0. The van der Waals surface area contributed by atoms with Crippen LogP contribution in [0.3, 0.4) is 0 Å². The van der Waals surface area contributed by atoms with E-state index in [-0.39, 0.29) is 18.5 Å². The fraction of sp³-hybridized carbons (Fsp3) is 0.871. The first-order chi connectivity index (χ1) is 35.7. The van der Waals surface area contributed by atoms with Crippen LogP contribution >= 0.6 is 0 Å². The Morgan fingerprint density at radius 1 is 0.493 bits per heavy atom. The van der Waals surface area contributed by atoms with E-state index >= 15 is 0 Å². The molecule has 0 radical (unpaired) electrons. The average Bonchev–Trinajstić information content (AvgIpc) is 3.39. The summed E-state index contributed by atoms with van der Waals surface area (Å²) in [6.45, 7) is 4.28. The minimum Gasteiger partial charge on any atom is -0.466 e. The van der Waals surface area contributed by atoms with Crippen molar-refractivity contribution in [2.75, 3.05) is 19.8 Å². The molecule has 1 aliphatic rings. The first kappa shape index (κ1) is 68.9. The van der Waals surface area contributed by atoms with Gasteiger partial charge in [-0.05, 0) is 70.6 Å². The summed E-state index contributed by atoms with van der Waals surface area (Å²) in [7, 11) is 0. The van der Waals surface area contributed by atoms with Crippen LogP contribution in [0.4, 0.5) is 0 Å². The van der Waals surface area contributed by atoms with E-state index < -0.39 is 49.5 Å². The molecule has 6 N–H and O–H groups in total. The quantitative estimate of drug-likeness (QED) is 0.0195. The van der Waals surface area contributed by atoms with Crippen molar-refractivity contribution < 1.29 is 49.3 Å². The monoisotopic (exact) mass is 1030 g/mol. The van der Waals surface area contributed by atoms with E-state index in [0.29, 0.717) is 19.4 Å². The lowest BCUT2D eigenvalue weighted by atomic mass is 9.99. The fourth-order valence-electron chi connectivity index (χ4n) is 9.56. The zero-order chi connectivity index (χ0) is 53.1. The van der Waals surface area contributed by atoms with Crippen molar-refractivity contribution in [1.82, 2.24) is 5.32 Å². The molecule has 0 aromatic carbocycles. The molecule has 73 heavy (non-hydrogen) atoms. The van der Waals surface area contributed by atoms with Crippen LogP contribution in [-0.2, 0) is 23.8 Å². The molecule has 1 aliphatic heterocycles. The van der Waals surface area contributed by atoms with Crippen LogP contribution in [0.2, 0.25) is 0 Å². The summed E-state index contributed by atoms with van der Waals surface area (Å²) in [5, 5.41) is 54.2. The van der Waals surface area contributed by atoms with Gasteiger partial charge >= 0.3 is 5.97 Å². The van der Waals surface area contributed by atoms with Crippen molar-refractivity contribution in [2.24, 2.45) is 0 Å². The highest BCUT2D eigenvalue weighted by atomic mass is 16.7. The Morgan fingerprint density at radius 2 is 0.890 bits per heavy atom. The Balaban J connectivity index is 2.00. The molecule has 11 nitrogen and oxygen atoms in total. The van der Waals surface area contributed by atoms with E-state index in [9.17, 15) is 35.1 Å². The fourth-order valence-corrected chi connectivity index (χ4v) is 9.56. The number of hydrogen-bond donors (Lipinski definition) is 6. The summed E-state index contributed by atoms with van der Waals surface area (Å²) in [4.78, 5) is 25.0. The minimum atomic E-state index is -1.58. The number of aliphatic hydroxyl groups excluding tert-OH is 5. The van der Waals surface area contributed by atoms with Crippen molar-refractivity contribution in [1.29, 1.82) is 0 Å². The Bertz CT molecular complexity index is 1310. The van der Waals surface area contributed by atoms with Gasteiger partial charge in [-0.3, -0.25) is 9.59 Å². The lowest BCUT2D eigenvalue weighted by Crippen LogP contribution is -2.60. The van der Waals surface area contributed by atoms with Gasteiger partial charge in [0.25, 0.3) is 0 Å². The SMILES string of the molecule is CCCCC/C=C/CC/C=C/C(O)C(COC1OC(CO)C(O)C(O)C1O)NC(=O)CCCCCCCCCCC/C=C\CCCCCCCCCCCCCCOC(=O)CCCCCCCCCCCCC. The maximum atomic E-state index is 13.0. The van der Waals surface area contributed by atoms with Gasteiger partial charge in [-0.1, -0.05) is 237 Å². The van der Waals surface area contributed by atoms with Crippen LogP contribution < -0.4 is 5.32 Å². The highest BCUT2D eigenvalue weighted by Crippen LogP contribution is 2.23. The van der Waals surface area contributed by atoms with Crippen molar-refractivity contribution in [2.45, 2.75) is 326 Å². The molecule has 7 atom stereocenters. The van der Waals surface area contributed by atoms with E-state index in [2.05, 4.69) is 43.5 Å². The van der Waals surface area contributed by atoms with Crippen molar-refractivity contribution in [3.63, 3.8) is 0 Å². The van der Waals surface area contributed by atoms with E-state index in [1.54, 1.807) is 6.08 Å². The van der Waals surface area contributed by atoms with E-state index in [4.69, 9.17) is 14.2 Å². The molecule has 0 aromatic heterocycles. The van der Waals surface area contributed by atoms with Gasteiger partial charge in [-0.25, -0.2) is 0 Å². The van der Waals surface area contributed by atoms with E-state index in [1.807, 2.05) is 6.08 Å². The predicted octanol–water partition coefficient (Wildman–Crippen LogP) is 14.3. The van der Waals surface area contributed by atoms with Gasteiger partial charge in [-0.2, -0.15) is 0 Å². The maximum Gasteiger partial charge on any atom is 0.305 e. The van der Waals surface area contributed by atoms with Crippen LogP contribution in [-0.4, -0.2) is 100 Å². The normalized spacial score (nSPS) is 19.1. The van der Waals surface area contributed by atoms with Crippen LogP contribution in [0.25, 0.3) is 0 Å². The number of nitrogens with one attached hydrogen (secondary N) is 1. The first-order valence-corrected chi connectivity index (χ1v) is 30.8. The van der Waals surface area contributed by atoms with Crippen molar-refractivity contribution in [3.05, 3.63) is 36.5 Å². The third kappa shape index (κ3) is 41.7. The molecule has 7 unspecified atom stereocenters. The lowest BCUT2D eigenvalue weighted by Gasteiger charge is -2.40. The smallest absolute Gasteiger partial charge is 0.305 e. The van der Waals surface area contributed by atoms with Gasteiger partial charge in [0.2, 0.25) is 5.91 Å². The zero-order valence-corrected chi connectivity index (χ0v) is 47.1. The van der Waals surface area contributed by atoms with Gasteiger partial charge in [-0.15, -0.1) is 0 Å². The standard InChI is InChI=1S/C62H115NO10/c1-3-5-7-9-11-13-29-34-38-42-46-50-58(67)71-51-47-43-39-35-31-28-26-24-22-20-18-16-14-15-17-19-21-23-25-27-30-33-37-41-45-49-57(66)63-54(55(65)48-44-40-36-32-12-10-8-6-4-2)53-72-62-61(70)60(69)59(68)56(52-64)73-62/h12,15,17,32,44,48,54-56,59-62,64-65,68-70H,3-11,13-14,16,18-31,33-43,45-47,49-53H2,1-2H3,(H,63,66)/b17-15-,32-12+,48-44+. The number of amides is 1. The number of carbonyl (C=O) groups excluding carboxylic acids is 2. The summed E-state index contributed by atoms with van der Waals surface area (Å²) in [6, 6.07) is -0.828. The highest BCUT2D eigenvalue weighted by molar-refractivity contribution is 5.76.